The van der Waals surface area contributed by atoms with Gasteiger partial charge in [0.15, 0.2) is 0 Å². The van der Waals surface area contributed by atoms with Crippen LogP contribution < -0.4 is 18.9 Å². The van der Waals surface area contributed by atoms with E-state index < -0.39 is 6.10 Å². The first kappa shape index (κ1) is 31.6. The van der Waals surface area contributed by atoms with Gasteiger partial charge in [-0.2, -0.15) is 0 Å². The number of piperazine rings is 1. The van der Waals surface area contributed by atoms with Gasteiger partial charge >= 0.3 is 5.97 Å². The van der Waals surface area contributed by atoms with Gasteiger partial charge in [-0.05, 0) is 66.8 Å². The van der Waals surface area contributed by atoms with E-state index in [1.54, 1.807) is 0 Å². The molecule has 0 radical (unpaired) electrons. The van der Waals surface area contributed by atoms with Crippen LogP contribution in [0.2, 0.25) is 0 Å². The maximum atomic E-state index is 13.2. The van der Waals surface area contributed by atoms with Crippen LogP contribution in [0.15, 0.2) is 29.8 Å². The summed E-state index contributed by atoms with van der Waals surface area (Å²) in [6, 6.07) is 5.77. The number of likely N-dealkylation sites (N-methyl/N-ethyl adjacent to an activating group) is 1. The van der Waals surface area contributed by atoms with Gasteiger partial charge in [-0.25, -0.2) is 0 Å². The molecule has 0 spiro atoms. The Morgan fingerprint density at radius 2 is 1.43 bits per heavy atom. The smallest absolute Gasteiger partial charge is 0.307 e. The van der Waals surface area contributed by atoms with E-state index in [0.717, 1.165) is 48.1 Å². The zero-order valence-electron chi connectivity index (χ0n) is 25.5. The van der Waals surface area contributed by atoms with Crippen LogP contribution in [0.3, 0.4) is 0 Å². The summed E-state index contributed by atoms with van der Waals surface area (Å²) in [5.41, 5.74) is 1.91. The Kier molecular flexibility index (Phi) is 12.4. The average Bonchev–Trinajstić information content (AvgIpc) is 2.93. The standard InChI is InChI=1S/C32H48N2O6/c1-8-36-26-14-15-27(37-9-2)31-30(26)28(38-10-3)22-24(32(31)39-11-4)25(13-12-23(5)6)40-29(35)16-17-34-20-18-33(7)19-21-34/h12,14-15,22,25H,8-11,13,16-21H2,1-7H3/t25-/m0/s1. The molecule has 0 aromatic heterocycles. The van der Waals surface area contributed by atoms with Crippen molar-refractivity contribution >= 4 is 16.7 Å². The summed E-state index contributed by atoms with van der Waals surface area (Å²) in [5, 5.41) is 1.57. The number of fused-ring (bicyclic) bond motifs is 1. The van der Waals surface area contributed by atoms with Crippen molar-refractivity contribution in [3.63, 3.8) is 0 Å². The van der Waals surface area contributed by atoms with Crippen LogP contribution in [0, 0.1) is 0 Å². The Labute approximate surface area is 240 Å². The Hall–Kier alpha value is -2.97. The van der Waals surface area contributed by atoms with Crippen LogP contribution in [-0.2, 0) is 9.53 Å². The van der Waals surface area contributed by atoms with Crippen molar-refractivity contribution in [3.05, 3.63) is 35.4 Å². The quantitative estimate of drug-likeness (QED) is 0.195. The lowest BCUT2D eigenvalue weighted by molar-refractivity contribution is -0.149. The summed E-state index contributed by atoms with van der Waals surface area (Å²) < 4.78 is 30.8. The van der Waals surface area contributed by atoms with Gasteiger partial charge < -0.3 is 33.5 Å². The summed E-state index contributed by atoms with van der Waals surface area (Å²) in [4.78, 5) is 17.9. The van der Waals surface area contributed by atoms with Crippen molar-refractivity contribution in [2.45, 2.75) is 60.5 Å². The highest BCUT2D eigenvalue weighted by molar-refractivity contribution is 6.03. The molecule has 1 saturated heterocycles. The molecule has 1 fully saturated rings. The van der Waals surface area contributed by atoms with Crippen LogP contribution in [0.5, 0.6) is 23.0 Å². The number of esters is 1. The van der Waals surface area contributed by atoms with Gasteiger partial charge in [0.25, 0.3) is 0 Å². The first-order chi connectivity index (χ1) is 19.3. The molecule has 1 aliphatic rings. The number of hydrogen-bond acceptors (Lipinski definition) is 8. The van der Waals surface area contributed by atoms with E-state index in [1.165, 1.54) is 0 Å². The lowest BCUT2D eigenvalue weighted by Crippen LogP contribution is -2.45. The molecule has 0 bridgehead atoms. The monoisotopic (exact) mass is 556 g/mol. The minimum atomic E-state index is -0.551. The molecule has 0 amide bonds. The molecule has 0 aliphatic carbocycles. The minimum absolute atomic E-state index is 0.223. The maximum Gasteiger partial charge on any atom is 0.307 e. The summed E-state index contributed by atoms with van der Waals surface area (Å²) >= 11 is 0. The largest absolute Gasteiger partial charge is 0.493 e. The van der Waals surface area contributed by atoms with Gasteiger partial charge in [-0.15, -0.1) is 0 Å². The van der Waals surface area contributed by atoms with Crippen LogP contribution in [0.4, 0.5) is 0 Å². The molecule has 2 aromatic rings. The van der Waals surface area contributed by atoms with E-state index in [1.807, 2.05) is 59.7 Å². The van der Waals surface area contributed by atoms with Gasteiger partial charge in [-0.1, -0.05) is 11.6 Å². The minimum Gasteiger partial charge on any atom is -0.493 e. The highest BCUT2D eigenvalue weighted by Gasteiger charge is 2.28. The van der Waals surface area contributed by atoms with E-state index in [-0.39, 0.29) is 5.97 Å². The van der Waals surface area contributed by atoms with Crippen molar-refractivity contribution < 1.29 is 28.5 Å². The van der Waals surface area contributed by atoms with Crippen molar-refractivity contribution in [1.82, 2.24) is 9.80 Å². The van der Waals surface area contributed by atoms with Gasteiger partial charge in [0, 0.05) is 44.7 Å². The van der Waals surface area contributed by atoms with Gasteiger partial charge in [-0.3, -0.25) is 4.79 Å². The Morgan fingerprint density at radius 1 is 0.850 bits per heavy atom. The van der Waals surface area contributed by atoms with Gasteiger partial charge in [0.05, 0.1) is 43.6 Å². The fourth-order valence-corrected chi connectivity index (χ4v) is 4.94. The van der Waals surface area contributed by atoms with Crippen LogP contribution in [0.25, 0.3) is 10.8 Å². The summed E-state index contributed by atoms with van der Waals surface area (Å²) in [7, 11) is 2.13. The zero-order chi connectivity index (χ0) is 29.1. The zero-order valence-corrected chi connectivity index (χ0v) is 25.5. The van der Waals surface area contributed by atoms with Crippen molar-refractivity contribution in [3.8, 4) is 23.0 Å². The molecular weight excluding hydrogens is 508 g/mol. The molecule has 222 valence electrons. The number of nitrogens with zero attached hydrogens (tertiary/aromatic N) is 2. The van der Waals surface area contributed by atoms with E-state index >= 15 is 0 Å². The van der Waals surface area contributed by atoms with E-state index in [9.17, 15) is 4.79 Å². The fraction of sp³-hybridized carbons (Fsp3) is 0.594. The Balaban J connectivity index is 2.09. The average molecular weight is 557 g/mol. The van der Waals surface area contributed by atoms with Gasteiger partial charge in [0.1, 0.15) is 29.1 Å². The fourth-order valence-electron chi connectivity index (χ4n) is 4.94. The van der Waals surface area contributed by atoms with Crippen molar-refractivity contribution in [2.24, 2.45) is 0 Å². The third-order valence-corrected chi connectivity index (χ3v) is 6.93. The first-order valence-corrected chi connectivity index (χ1v) is 14.7. The van der Waals surface area contributed by atoms with Crippen molar-refractivity contribution in [2.75, 3.05) is 66.2 Å². The number of ether oxygens (including phenoxy) is 5. The second-order valence-corrected chi connectivity index (χ2v) is 10.2. The third kappa shape index (κ3) is 8.27. The first-order valence-electron chi connectivity index (χ1n) is 14.7. The van der Waals surface area contributed by atoms with Crippen LogP contribution >= 0.6 is 0 Å². The lowest BCUT2D eigenvalue weighted by Gasteiger charge is -2.32. The molecule has 0 unspecified atom stereocenters. The van der Waals surface area contributed by atoms with E-state index in [0.29, 0.717) is 68.8 Å². The molecule has 8 heteroatoms. The highest BCUT2D eigenvalue weighted by Crippen LogP contribution is 2.49. The highest BCUT2D eigenvalue weighted by atomic mass is 16.5. The second-order valence-electron chi connectivity index (χ2n) is 10.2. The molecular formula is C32H48N2O6. The molecule has 1 atom stereocenters. The summed E-state index contributed by atoms with van der Waals surface area (Å²) in [6.45, 7) is 18.4. The topological polar surface area (TPSA) is 69.7 Å². The number of hydrogen-bond donors (Lipinski definition) is 0. The van der Waals surface area contributed by atoms with Crippen LogP contribution in [0.1, 0.15) is 66.1 Å². The molecule has 3 rings (SSSR count). The number of carbonyl (C=O) groups excluding carboxylic acids is 1. The Bertz CT molecular complexity index is 1140. The molecule has 40 heavy (non-hydrogen) atoms. The molecule has 1 heterocycles. The van der Waals surface area contributed by atoms with Gasteiger partial charge in [0.2, 0.25) is 0 Å². The SMILES string of the molecule is CCOc1ccc(OCC)c2c(OCC)c([C@H](CC=C(C)C)OC(=O)CCN3CCN(C)CC3)cc(OCC)c12. The number of allylic oxidation sites excluding steroid dienone is 1. The predicted octanol–water partition coefficient (Wildman–Crippen LogP) is 6.01. The second kappa shape index (κ2) is 15.7. The normalized spacial score (nSPS) is 15.0. The number of rotatable bonds is 15. The van der Waals surface area contributed by atoms with E-state index in [2.05, 4.69) is 22.9 Å². The molecule has 0 saturated carbocycles. The van der Waals surface area contributed by atoms with E-state index in [4.69, 9.17) is 23.7 Å². The number of benzene rings is 2. The maximum absolute atomic E-state index is 13.2. The summed E-state index contributed by atoms with van der Waals surface area (Å²) in [5.74, 6) is 2.43. The summed E-state index contributed by atoms with van der Waals surface area (Å²) in [6.07, 6.45) is 2.40. The molecule has 2 aromatic carbocycles. The number of carbonyl (C=O) groups is 1. The Morgan fingerprint density at radius 3 is 2.00 bits per heavy atom. The third-order valence-electron chi connectivity index (χ3n) is 6.93. The van der Waals surface area contributed by atoms with Crippen LogP contribution in [-0.4, -0.2) is 82.0 Å². The predicted molar refractivity (Wildman–Crippen MR) is 160 cm³/mol. The lowest BCUT2D eigenvalue weighted by atomic mass is 9.96. The van der Waals surface area contributed by atoms with Crippen molar-refractivity contribution in [1.29, 1.82) is 0 Å². The molecule has 1 aliphatic heterocycles. The molecule has 0 N–H and O–H groups in total. The molecule has 8 nitrogen and oxygen atoms in total.